The molecule has 172 valence electrons. The summed E-state index contributed by atoms with van der Waals surface area (Å²) < 4.78 is 19.2. The van der Waals surface area contributed by atoms with Gasteiger partial charge in [0, 0.05) is 10.9 Å². The molecule has 0 saturated heterocycles. The molecule has 35 heavy (non-hydrogen) atoms. The van der Waals surface area contributed by atoms with Crippen LogP contribution in [0.1, 0.15) is 10.4 Å². The molecule has 1 aromatic heterocycles. The Balaban J connectivity index is 1.36. The maximum absolute atomic E-state index is 13.7. The molecule has 0 bridgehead atoms. The third-order valence-electron chi connectivity index (χ3n) is 5.73. The van der Waals surface area contributed by atoms with E-state index in [1.807, 2.05) is 60.7 Å². The van der Waals surface area contributed by atoms with Crippen molar-refractivity contribution in [1.82, 2.24) is 10.3 Å². The molecule has 0 aliphatic rings. The number of carbonyl (C=O) groups is 1. The summed E-state index contributed by atoms with van der Waals surface area (Å²) in [6, 6.07) is 33.9. The first-order valence-corrected chi connectivity index (χ1v) is 11.4. The molecule has 5 rings (SSSR count). The summed E-state index contributed by atoms with van der Waals surface area (Å²) in [6.07, 6.45) is 0. The lowest BCUT2D eigenvalue weighted by Crippen LogP contribution is -2.28. The number of ether oxygens (including phenoxy) is 1. The van der Waals surface area contributed by atoms with E-state index < -0.39 is 5.82 Å². The number of rotatable bonds is 7. The summed E-state index contributed by atoms with van der Waals surface area (Å²) >= 11 is 0. The van der Waals surface area contributed by atoms with Crippen LogP contribution in [0.4, 0.5) is 4.39 Å². The molecule has 0 radical (unpaired) electrons. The third-order valence-corrected chi connectivity index (χ3v) is 5.73. The molecule has 1 N–H and O–H groups in total. The Morgan fingerprint density at radius 1 is 0.771 bits per heavy atom. The van der Waals surface area contributed by atoms with Gasteiger partial charge in [-0.15, -0.1) is 0 Å². The number of hydrogen-bond donors (Lipinski definition) is 1. The molecule has 0 saturated carbocycles. The van der Waals surface area contributed by atoms with Gasteiger partial charge in [0.15, 0.2) is 11.6 Å². The van der Waals surface area contributed by atoms with Gasteiger partial charge in [-0.3, -0.25) is 4.79 Å². The van der Waals surface area contributed by atoms with Gasteiger partial charge in [-0.2, -0.15) is 0 Å². The Bertz CT molecular complexity index is 1470. The van der Waals surface area contributed by atoms with E-state index in [2.05, 4.69) is 29.6 Å². The van der Waals surface area contributed by atoms with Crippen molar-refractivity contribution in [3.63, 3.8) is 0 Å². The lowest BCUT2D eigenvalue weighted by atomic mass is 10.0. The summed E-state index contributed by atoms with van der Waals surface area (Å²) in [5.41, 5.74) is 5.17. The van der Waals surface area contributed by atoms with Crippen molar-refractivity contribution < 1.29 is 13.9 Å². The molecule has 0 atom stereocenters. The Morgan fingerprint density at radius 2 is 1.43 bits per heavy atom. The SMILES string of the molecule is O=C(NCCOc1ccccc1F)c1cc(-c2ccc(-c3ccccc3)cc2)nc2ccccc12. The van der Waals surface area contributed by atoms with Crippen LogP contribution in [0.25, 0.3) is 33.3 Å². The van der Waals surface area contributed by atoms with Crippen LogP contribution >= 0.6 is 0 Å². The number of fused-ring (bicyclic) bond motifs is 1. The van der Waals surface area contributed by atoms with Gasteiger partial charge in [-0.05, 0) is 35.4 Å². The fraction of sp³-hybridized carbons (Fsp3) is 0.0667. The van der Waals surface area contributed by atoms with Gasteiger partial charge >= 0.3 is 0 Å². The van der Waals surface area contributed by atoms with E-state index >= 15 is 0 Å². The first kappa shape index (κ1) is 22.3. The van der Waals surface area contributed by atoms with Crippen LogP contribution in [0.3, 0.4) is 0 Å². The monoisotopic (exact) mass is 462 g/mol. The Kier molecular flexibility index (Phi) is 6.48. The number of amides is 1. The average Bonchev–Trinajstić information content (AvgIpc) is 2.92. The molecule has 0 aliphatic heterocycles. The van der Waals surface area contributed by atoms with Crippen LogP contribution in [0.15, 0.2) is 109 Å². The summed E-state index contributed by atoms with van der Waals surface area (Å²) in [5.74, 6) is -0.498. The minimum atomic E-state index is -0.429. The van der Waals surface area contributed by atoms with Crippen LogP contribution in [-0.4, -0.2) is 24.0 Å². The van der Waals surface area contributed by atoms with Gasteiger partial charge in [0.25, 0.3) is 5.91 Å². The van der Waals surface area contributed by atoms with E-state index in [1.165, 1.54) is 6.07 Å². The fourth-order valence-electron chi connectivity index (χ4n) is 3.96. The highest BCUT2D eigenvalue weighted by Crippen LogP contribution is 2.27. The zero-order chi connectivity index (χ0) is 24.0. The Hall–Kier alpha value is -4.51. The lowest BCUT2D eigenvalue weighted by Gasteiger charge is -2.12. The minimum Gasteiger partial charge on any atom is -0.489 e. The van der Waals surface area contributed by atoms with Crippen LogP contribution in [0.5, 0.6) is 5.75 Å². The number of pyridine rings is 1. The van der Waals surface area contributed by atoms with Crippen LogP contribution in [0.2, 0.25) is 0 Å². The van der Waals surface area contributed by atoms with Gasteiger partial charge in [-0.1, -0.05) is 84.9 Å². The summed E-state index contributed by atoms with van der Waals surface area (Å²) in [5, 5.41) is 3.64. The summed E-state index contributed by atoms with van der Waals surface area (Å²) in [4.78, 5) is 17.9. The topological polar surface area (TPSA) is 51.2 Å². The van der Waals surface area contributed by atoms with Crippen molar-refractivity contribution in [1.29, 1.82) is 0 Å². The zero-order valence-electron chi connectivity index (χ0n) is 18.9. The van der Waals surface area contributed by atoms with E-state index in [4.69, 9.17) is 9.72 Å². The van der Waals surface area contributed by atoms with Crippen LogP contribution in [-0.2, 0) is 0 Å². The number of nitrogens with one attached hydrogen (secondary N) is 1. The molecule has 5 aromatic rings. The second-order valence-electron chi connectivity index (χ2n) is 8.05. The highest BCUT2D eigenvalue weighted by molar-refractivity contribution is 6.07. The second-order valence-corrected chi connectivity index (χ2v) is 8.05. The molecule has 1 amide bonds. The van der Waals surface area contributed by atoms with Gasteiger partial charge in [0.1, 0.15) is 6.61 Å². The molecule has 4 aromatic carbocycles. The van der Waals surface area contributed by atoms with Gasteiger partial charge < -0.3 is 10.1 Å². The van der Waals surface area contributed by atoms with Gasteiger partial charge in [0.2, 0.25) is 0 Å². The molecule has 5 heteroatoms. The highest BCUT2D eigenvalue weighted by Gasteiger charge is 2.14. The van der Waals surface area contributed by atoms with Crippen LogP contribution < -0.4 is 10.1 Å². The summed E-state index contributed by atoms with van der Waals surface area (Å²) in [6.45, 7) is 0.397. The molecule has 0 spiro atoms. The normalized spacial score (nSPS) is 10.8. The van der Waals surface area contributed by atoms with Crippen molar-refractivity contribution in [2.45, 2.75) is 0 Å². The number of hydrogen-bond acceptors (Lipinski definition) is 3. The average molecular weight is 463 g/mol. The van der Waals surface area contributed by atoms with Crippen molar-refractivity contribution >= 4 is 16.8 Å². The van der Waals surface area contributed by atoms with Gasteiger partial charge in [-0.25, -0.2) is 9.37 Å². The molecule has 0 fully saturated rings. The number of carbonyl (C=O) groups excluding carboxylic acids is 1. The largest absolute Gasteiger partial charge is 0.489 e. The summed E-state index contributed by atoms with van der Waals surface area (Å²) in [7, 11) is 0. The molecular formula is C30H23FN2O2. The van der Waals surface area contributed by atoms with E-state index in [0.29, 0.717) is 5.56 Å². The first-order valence-electron chi connectivity index (χ1n) is 11.4. The van der Waals surface area contributed by atoms with Crippen molar-refractivity contribution in [3.05, 3.63) is 121 Å². The standard InChI is InChI=1S/C30H23FN2O2/c31-26-11-5-7-13-29(26)35-19-18-32-30(34)25-20-28(33-27-12-6-4-10-24(25)27)23-16-14-22(15-17-23)21-8-2-1-3-9-21/h1-17,20H,18-19H2,(H,32,34). The minimum absolute atomic E-state index is 0.156. The predicted octanol–water partition coefficient (Wildman–Crippen LogP) is 6.52. The number of benzene rings is 4. The number of nitrogens with zero attached hydrogens (tertiary/aromatic N) is 1. The number of para-hydroxylation sites is 2. The van der Waals surface area contributed by atoms with Gasteiger partial charge in [0.05, 0.1) is 23.3 Å². The second kappa shape index (κ2) is 10.2. The Morgan fingerprint density at radius 3 is 2.23 bits per heavy atom. The number of aromatic nitrogens is 1. The third kappa shape index (κ3) is 5.04. The van der Waals surface area contributed by atoms with E-state index in [1.54, 1.807) is 18.2 Å². The quantitative estimate of drug-likeness (QED) is 0.280. The van der Waals surface area contributed by atoms with E-state index in [0.717, 1.165) is 33.3 Å². The first-order chi connectivity index (χ1) is 17.2. The smallest absolute Gasteiger partial charge is 0.252 e. The maximum atomic E-state index is 13.7. The maximum Gasteiger partial charge on any atom is 0.252 e. The highest BCUT2D eigenvalue weighted by atomic mass is 19.1. The molecular weight excluding hydrogens is 439 g/mol. The molecule has 4 nitrogen and oxygen atoms in total. The Labute approximate surface area is 203 Å². The van der Waals surface area contributed by atoms with Crippen LogP contribution in [0, 0.1) is 5.82 Å². The molecule has 0 aliphatic carbocycles. The lowest BCUT2D eigenvalue weighted by molar-refractivity contribution is 0.0948. The van der Waals surface area contributed by atoms with Crippen molar-refractivity contribution in [2.75, 3.05) is 13.2 Å². The van der Waals surface area contributed by atoms with E-state index in [9.17, 15) is 9.18 Å². The number of halogens is 1. The molecule has 1 heterocycles. The predicted molar refractivity (Wildman–Crippen MR) is 137 cm³/mol. The van der Waals surface area contributed by atoms with Crippen molar-refractivity contribution in [2.24, 2.45) is 0 Å². The fourth-order valence-corrected chi connectivity index (χ4v) is 3.96. The van der Waals surface area contributed by atoms with E-state index in [-0.39, 0.29) is 24.8 Å². The van der Waals surface area contributed by atoms with Crippen molar-refractivity contribution in [3.8, 4) is 28.1 Å². The molecule has 0 unspecified atom stereocenters. The zero-order valence-corrected chi connectivity index (χ0v) is 18.9.